The zero-order valence-corrected chi connectivity index (χ0v) is 19.2. The van der Waals surface area contributed by atoms with Crippen LogP contribution in [0.2, 0.25) is 5.02 Å². The van der Waals surface area contributed by atoms with E-state index in [-0.39, 0.29) is 11.3 Å². The number of carbonyl (C=O) groups excluding carboxylic acids is 2. The fourth-order valence-electron chi connectivity index (χ4n) is 4.01. The van der Waals surface area contributed by atoms with E-state index in [4.69, 9.17) is 16.3 Å². The summed E-state index contributed by atoms with van der Waals surface area (Å²) >= 11 is 6.18. The largest absolute Gasteiger partial charge is 0.507 e. The van der Waals surface area contributed by atoms with E-state index in [9.17, 15) is 14.7 Å². The Balaban J connectivity index is 1.89. The van der Waals surface area contributed by atoms with E-state index in [0.29, 0.717) is 34.2 Å². The number of Topliss-reactive ketones (excluding diaryl/α,β-unsaturated/α-hetero) is 1. The van der Waals surface area contributed by atoms with E-state index in [1.807, 2.05) is 26.0 Å². The molecule has 0 aliphatic carbocycles. The molecule has 0 bridgehead atoms. The summed E-state index contributed by atoms with van der Waals surface area (Å²) in [5.74, 6) is -0.996. The molecule has 1 N–H and O–H groups in total. The summed E-state index contributed by atoms with van der Waals surface area (Å²) in [5, 5.41) is 11.6. The van der Waals surface area contributed by atoms with Gasteiger partial charge in [0.25, 0.3) is 11.7 Å². The Labute approximate surface area is 197 Å². The van der Waals surface area contributed by atoms with Crippen molar-refractivity contribution in [2.24, 2.45) is 0 Å². The molecule has 3 aromatic rings. The van der Waals surface area contributed by atoms with E-state index in [2.05, 4.69) is 0 Å². The number of hydrogen-bond donors (Lipinski definition) is 1. The summed E-state index contributed by atoms with van der Waals surface area (Å²) in [5.41, 5.74) is 2.77. The zero-order valence-electron chi connectivity index (χ0n) is 18.4. The molecule has 1 aliphatic heterocycles. The normalized spacial score (nSPS) is 17.4. The SMILES string of the molecule is CCOc1ccc(C2/C(=C(\O)c3ccc(CC)cc3)C(=O)C(=O)N2c2cccc(Cl)c2)cc1. The minimum absolute atomic E-state index is 0.0355. The lowest BCUT2D eigenvalue weighted by Gasteiger charge is -2.25. The van der Waals surface area contributed by atoms with E-state index >= 15 is 0 Å². The van der Waals surface area contributed by atoms with Gasteiger partial charge in [0.15, 0.2) is 0 Å². The minimum atomic E-state index is -0.815. The number of amides is 1. The number of anilines is 1. The van der Waals surface area contributed by atoms with Crippen molar-refractivity contribution < 1.29 is 19.4 Å². The number of rotatable bonds is 6. The number of hydrogen-bond acceptors (Lipinski definition) is 4. The highest BCUT2D eigenvalue weighted by Gasteiger charge is 2.47. The quantitative estimate of drug-likeness (QED) is 0.281. The highest BCUT2D eigenvalue weighted by atomic mass is 35.5. The summed E-state index contributed by atoms with van der Waals surface area (Å²) in [4.78, 5) is 27.8. The van der Waals surface area contributed by atoms with Crippen LogP contribution in [0, 0.1) is 0 Å². The summed E-state index contributed by atoms with van der Waals surface area (Å²) < 4.78 is 5.53. The standard InChI is InChI=1S/C27H24ClNO4/c1-3-17-8-10-19(11-9-17)25(30)23-24(18-12-14-22(15-13-18)33-4-2)29(27(32)26(23)31)21-7-5-6-20(28)16-21/h5-16,24,30H,3-4H2,1-2H3/b25-23+. The molecule has 0 saturated carbocycles. The van der Waals surface area contributed by atoms with Crippen LogP contribution in [0.25, 0.3) is 5.76 Å². The number of carbonyl (C=O) groups is 2. The molecule has 168 valence electrons. The third-order valence-corrected chi connectivity index (χ3v) is 5.91. The highest BCUT2D eigenvalue weighted by Crippen LogP contribution is 2.42. The zero-order chi connectivity index (χ0) is 23.5. The van der Waals surface area contributed by atoms with Crippen LogP contribution in [-0.4, -0.2) is 23.4 Å². The topological polar surface area (TPSA) is 66.8 Å². The van der Waals surface area contributed by atoms with Crippen LogP contribution in [0.15, 0.2) is 78.4 Å². The van der Waals surface area contributed by atoms with Crippen molar-refractivity contribution in [3.8, 4) is 5.75 Å². The molecule has 1 atom stereocenters. The predicted molar refractivity (Wildman–Crippen MR) is 130 cm³/mol. The Morgan fingerprint density at radius 2 is 1.70 bits per heavy atom. The second-order valence-corrected chi connectivity index (χ2v) is 8.14. The third-order valence-electron chi connectivity index (χ3n) is 5.67. The summed E-state index contributed by atoms with van der Waals surface area (Å²) in [6.45, 7) is 4.46. The Kier molecular flexibility index (Phi) is 6.52. The molecule has 1 unspecified atom stereocenters. The second kappa shape index (κ2) is 9.51. The number of ether oxygens (including phenoxy) is 1. The van der Waals surface area contributed by atoms with E-state index in [0.717, 1.165) is 12.0 Å². The molecule has 0 aromatic heterocycles. The molecular formula is C27H24ClNO4. The lowest BCUT2D eigenvalue weighted by molar-refractivity contribution is -0.132. The average Bonchev–Trinajstić information content (AvgIpc) is 3.10. The molecule has 1 aliphatic rings. The molecule has 4 rings (SSSR count). The first-order valence-corrected chi connectivity index (χ1v) is 11.2. The van der Waals surface area contributed by atoms with Crippen molar-refractivity contribution in [1.29, 1.82) is 0 Å². The number of aliphatic hydroxyl groups is 1. The van der Waals surface area contributed by atoms with Gasteiger partial charge in [0.05, 0.1) is 18.2 Å². The van der Waals surface area contributed by atoms with Gasteiger partial charge < -0.3 is 9.84 Å². The molecule has 3 aromatic carbocycles. The highest BCUT2D eigenvalue weighted by molar-refractivity contribution is 6.51. The van der Waals surface area contributed by atoms with Gasteiger partial charge in [0, 0.05) is 16.3 Å². The number of nitrogens with zero attached hydrogens (tertiary/aromatic N) is 1. The first kappa shape index (κ1) is 22.6. The molecule has 0 spiro atoms. The minimum Gasteiger partial charge on any atom is -0.507 e. The van der Waals surface area contributed by atoms with Crippen molar-refractivity contribution >= 4 is 34.7 Å². The second-order valence-electron chi connectivity index (χ2n) is 7.70. The Morgan fingerprint density at radius 1 is 1.00 bits per heavy atom. The number of aryl methyl sites for hydroxylation is 1. The predicted octanol–water partition coefficient (Wildman–Crippen LogP) is 5.93. The van der Waals surface area contributed by atoms with Crippen molar-refractivity contribution in [3.05, 3.63) is 100 Å². The third kappa shape index (κ3) is 4.37. The number of benzene rings is 3. The Hall–Kier alpha value is -3.57. The van der Waals surface area contributed by atoms with E-state index in [1.165, 1.54) is 4.90 Å². The van der Waals surface area contributed by atoms with Gasteiger partial charge in [0.1, 0.15) is 11.5 Å². The fourth-order valence-corrected chi connectivity index (χ4v) is 4.19. The first-order valence-electron chi connectivity index (χ1n) is 10.8. The molecule has 0 radical (unpaired) electrons. The van der Waals surface area contributed by atoms with Crippen LogP contribution in [0.4, 0.5) is 5.69 Å². The van der Waals surface area contributed by atoms with Gasteiger partial charge >= 0.3 is 0 Å². The van der Waals surface area contributed by atoms with Crippen LogP contribution in [0.1, 0.15) is 36.6 Å². The van der Waals surface area contributed by atoms with Gasteiger partial charge in [-0.1, -0.05) is 61.0 Å². The first-order chi connectivity index (χ1) is 15.9. The van der Waals surface area contributed by atoms with Crippen molar-refractivity contribution in [2.75, 3.05) is 11.5 Å². The molecule has 1 amide bonds. The molecule has 1 saturated heterocycles. The molecule has 1 fully saturated rings. The van der Waals surface area contributed by atoms with Crippen LogP contribution in [0.5, 0.6) is 5.75 Å². The smallest absolute Gasteiger partial charge is 0.300 e. The van der Waals surface area contributed by atoms with Crippen molar-refractivity contribution in [1.82, 2.24) is 0 Å². The number of ketones is 1. The fraction of sp³-hybridized carbons (Fsp3) is 0.185. The van der Waals surface area contributed by atoms with E-state index < -0.39 is 17.7 Å². The van der Waals surface area contributed by atoms with Crippen LogP contribution >= 0.6 is 11.6 Å². The molecule has 1 heterocycles. The summed E-state index contributed by atoms with van der Waals surface area (Å²) in [7, 11) is 0. The Bertz CT molecular complexity index is 1220. The van der Waals surface area contributed by atoms with E-state index in [1.54, 1.807) is 60.7 Å². The molecule has 6 heteroatoms. The van der Waals surface area contributed by atoms with Crippen LogP contribution < -0.4 is 9.64 Å². The monoisotopic (exact) mass is 461 g/mol. The van der Waals surface area contributed by atoms with Gasteiger partial charge in [-0.15, -0.1) is 0 Å². The molecule has 33 heavy (non-hydrogen) atoms. The van der Waals surface area contributed by atoms with Crippen LogP contribution in [0.3, 0.4) is 0 Å². The van der Waals surface area contributed by atoms with Gasteiger partial charge in [0.2, 0.25) is 0 Å². The Morgan fingerprint density at radius 3 is 2.30 bits per heavy atom. The van der Waals surface area contributed by atoms with Gasteiger partial charge in [-0.05, 0) is 54.8 Å². The maximum Gasteiger partial charge on any atom is 0.300 e. The molecular weight excluding hydrogens is 438 g/mol. The van der Waals surface area contributed by atoms with Crippen LogP contribution in [-0.2, 0) is 16.0 Å². The van der Waals surface area contributed by atoms with Crippen molar-refractivity contribution in [3.63, 3.8) is 0 Å². The lowest BCUT2D eigenvalue weighted by atomic mass is 9.94. The summed E-state index contributed by atoms with van der Waals surface area (Å²) in [6.07, 6.45) is 0.854. The molecule has 5 nitrogen and oxygen atoms in total. The van der Waals surface area contributed by atoms with Gasteiger partial charge in [-0.25, -0.2) is 0 Å². The lowest BCUT2D eigenvalue weighted by Crippen LogP contribution is -2.29. The number of aliphatic hydroxyl groups excluding tert-OH is 1. The van der Waals surface area contributed by atoms with Gasteiger partial charge in [-0.3, -0.25) is 14.5 Å². The maximum atomic E-state index is 13.2. The van der Waals surface area contributed by atoms with Gasteiger partial charge in [-0.2, -0.15) is 0 Å². The summed E-state index contributed by atoms with van der Waals surface area (Å²) in [6, 6.07) is 20.4. The maximum absolute atomic E-state index is 13.2. The number of halogens is 1. The average molecular weight is 462 g/mol. The van der Waals surface area contributed by atoms with Crippen molar-refractivity contribution in [2.45, 2.75) is 26.3 Å².